The minimum Gasteiger partial charge on any atom is -0.469 e. The van der Waals surface area contributed by atoms with Gasteiger partial charge in [0, 0.05) is 23.4 Å². The first-order chi connectivity index (χ1) is 15.9. The summed E-state index contributed by atoms with van der Waals surface area (Å²) in [5.74, 6) is -0.658. The van der Waals surface area contributed by atoms with Gasteiger partial charge in [-0.1, -0.05) is 0 Å². The van der Waals surface area contributed by atoms with Crippen molar-refractivity contribution in [3.8, 4) is 5.69 Å². The summed E-state index contributed by atoms with van der Waals surface area (Å²) in [5.41, 5.74) is 5.70. The number of hydrogen-bond donors (Lipinski definition) is 2. The lowest BCUT2D eigenvalue weighted by molar-refractivity contribution is -0.140. The van der Waals surface area contributed by atoms with Gasteiger partial charge in [-0.05, 0) is 87.2 Å². The molecule has 0 aliphatic carbocycles. The second-order valence-corrected chi connectivity index (χ2v) is 9.66. The van der Waals surface area contributed by atoms with Crippen LogP contribution in [0.2, 0.25) is 0 Å². The number of esters is 1. The first-order valence-corrected chi connectivity index (χ1v) is 12.1. The van der Waals surface area contributed by atoms with Gasteiger partial charge in [-0.15, -0.1) is 0 Å². The number of anilines is 1. The molecular weight excluding hydrogens is 456 g/mol. The van der Waals surface area contributed by atoms with Gasteiger partial charge >= 0.3 is 5.97 Å². The lowest BCUT2D eigenvalue weighted by Crippen LogP contribution is -2.16. The third kappa shape index (κ3) is 5.35. The van der Waals surface area contributed by atoms with Crippen molar-refractivity contribution < 1.29 is 22.7 Å². The van der Waals surface area contributed by atoms with E-state index in [-0.39, 0.29) is 23.2 Å². The molecule has 3 aromatic rings. The van der Waals surface area contributed by atoms with E-state index >= 15 is 0 Å². The highest BCUT2D eigenvalue weighted by molar-refractivity contribution is 7.89. The van der Waals surface area contributed by atoms with Gasteiger partial charge in [-0.25, -0.2) is 18.2 Å². The summed E-state index contributed by atoms with van der Waals surface area (Å²) >= 11 is 0. The molecule has 0 aliphatic heterocycles. The molecule has 3 rings (SSSR count). The van der Waals surface area contributed by atoms with E-state index in [0.29, 0.717) is 23.2 Å². The average molecular weight is 485 g/mol. The van der Waals surface area contributed by atoms with Crippen molar-refractivity contribution in [2.75, 3.05) is 12.4 Å². The minimum atomic E-state index is -3.90. The SMILES string of the molecule is COC(=O)CCc1c(C)nn(-c2ccc(C(=O)Nc3cc(S(N)(=O)=O)cc(C)c3C)cc2)c1C. The first-order valence-electron chi connectivity index (χ1n) is 10.6. The zero-order valence-electron chi connectivity index (χ0n) is 19.8. The van der Waals surface area contributed by atoms with E-state index in [1.165, 1.54) is 19.2 Å². The predicted octanol–water partition coefficient (Wildman–Crippen LogP) is 3.11. The van der Waals surface area contributed by atoms with Gasteiger partial charge in [0.2, 0.25) is 10.0 Å². The second kappa shape index (κ2) is 9.78. The van der Waals surface area contributed by atoms with E-state index in [2.05, 4.69) is 10.4 Å². The van der Waals surface area contributed by atoms with Crippen LogP contribution in [0, 0.1) is 27.7 Å². The Balaban J connectivity index is 1.83. The maximum absolute atomic E-state index is 12.8. The zero-order chi connectivity index (χ0) is 25.2. The van der Waals surface area contributed by atoms with Crippen LogP contribution in [0.25, 0.3) is 5.69 Å². The summed E-state index contributed by atoms with van der Waals surface area (Å²) in [6.07, 6.45) is 0.801. The molecule has 0 radical (unpaired) electrons. The van der Waals surface area contributed by atoms with E-state index in [0.717, 1.165) is 28.2 Å². The molecule has 180 valence electrons. The number of hydrogen-bond acceptors (Lipinski definition) is 6. The van der Waals surface area contributed by atoms with Crippen LogP contribution in [-0.2, 0) is 26.0 Å². The van der Waals surface area contributed by atoms with Crippen LogP contribution in [0.1, 0.15) is 44.9 Å². The Morgan fingerprint density at radius 2 is 1.74 bits per heavy atom. The molecule has 2 aromatic carbocycles. The Morgan fingerprint density at radius 3 is 2.32 bits per heavy atom. The standard InChI is InChI=1S/C24H28N4O5S/c1-14-12-20(34(25,31)32)13-22(15(14)2)26-24(30)18-6-8-19(9-7-18)28-17(4)21(16(3)27-28)10-11-23(29)33-5/h6-9,12-13H,10-11H2,1-5H3,(H,26,30)(H2,25,31,32). The van der Waals surface area contributed by atoms with E-state index in [1.54, 1.807) is 42.8 Å². The molecule has 0 bridgehead atoms. The van der Waals surface area contributed by atoms with Crippen LogP contribution in [0.15, 0.2) is 41.3 Å². The Hall–Kier alpha value is -3.50. The van der Waals surface area contributed by atoms with Crippen LogP contribution < -0.4 is 10.5 Å². The lowest BCUT2D eigenvalue weighted by Gasteiger charge is -2.13. The third-order valence-corrected chi connectivity index (χ3v) is 6.73. The van der Waals surface area contributed by atoms with Gasteiger partial charge < -0.3 is 10.1 Å². The number of nitrogens with zero attached hydrogens (tertiary/aromatic N) is 2. The molecule has 1 aromatic heterocycles. The molecule has 0 spiro atoms. The number of sulfonamides is 1. The molecule has 9 nitrogen and oxygen atoms in total. The van der Waals surface area contributed by atoms with Gasteiger partial charge in [0.05, 0.1) is 23.4 Å². The summed E-state index contributed by atoms with van der Waals surface area (Å²) in [5, 5.41) is 12.6. The quantitative estimate of drug-likeness (QED) is 0.495. The van der Waals surface area contributed by atoms with Crippen LogP contribution in [0.4, 0.5) is 5.69 Å². The molecule has 0 fully saturated rings. The lowest BCUT2D eigenvalue weighted by atomic mass is 10.1. The number of nitrogens with one attached hydrogen (secondary N) is 1. The molecule has 0 aliphatic rings. The van der Waals surface area contributed by atoms with E-state index in [9.17, 15) is 18.0 Å². The molecule has 0 atom stereocenters. The van der Waals surface area contributed by atoms with Crippen molar-refractivity contribution in [1.29, 1.82) is 0 Å². The van der Waals surface area contributed by atoms with Crippen molar-refractivity contribution in [1.82, 2.24) is 9.78 Å². The normalized spacial score (nSPS) is 11.4. The van der Waals surface area contributed by atoms with Gasteiger partial charge in [0.1, 0.15) is 0 Å². The van der Waals surface area contributed by atoms with E-state index in [4.69, 9.17) is 9.88 Å². The van der Waals surface area contributed by atoms with Gasteiger partial charge in [-0.2, -0.15) is 5.10 Å². The van der Waals surface area contributed by atoms with Crippen molar-refractivity contribution in [3.05, 3.63) is 70.0 Å². The van der Waals surface area contributed by atoms with E-state index < -0.39 is 10.0 Å². The minimum absolute atomic E-state index is 0.0613. The second-order valence-electron chi connectivity index (χ2n) is 8.10. The van der Waals surface area contributed by atoms with Gasteiger partial charge in [0.15, 0.2) is 0 Å². The molecular formula is C24H28N4O5S. The number of carbonyl (C=O) groups is 2. The number of primary sulfonamides is 1. The Labute approximate surface area is 199 Å². The maximum atomic E-state index is 12.8. The number of carbonyl (C=O) groups excluding carboxylic acids is 2. The third-order valence-electron chi connectivity index (χ3n) is 5.84. The highest BCUT2D eigenvalue weighted by Gasteiger charge is 2.17. The Morgan fingerprint density at radius 1 is 1.09 bits per heavy atom. The summed E-state index contributed by atoms with van der Waals surface area (Å²) in [6.45, 7) is 7.36. The maximum Gasteiger partial charge on any atom is 0.305 e. The molecule has 0 saturated carbocycles. The fraction of sp³-hybridized carbons (Fsp3) is 0.292. The highest BCUT2D eigenvalue weighted by atomic mass is 32.2. The molecule has 10 heteroatoms. The number of aryl methyl sites for hydroxylation is 2. The highest BCUT2D eigenvalue weighted by Crippen LogP contribution is 2.25. The van der Waals surface area contributed by atoms with Crippen molar-refractivity contribution in [3.63, 3.8) is 0 Å². The van der Waals surface area contributed by atoms with Crippen LogP contribution in [0.5, 0.6) is 0 Å². The van der Waals surface area contributed by atoms with Crippen molar-refractivity contribution in [2.45, 2.75) is 45.4 Å². The molecule has 3 N–H and O–H groups in total. The number of nitrogens with two attached hydrogens (primary N) is 1. The van der Waals surface area contributed by atoms with Crippen LogP contribution in [0.3, 0.4) is 0 Å². The van der Waals surface area contributed by atoms with Gasteiger partial charge in [0.25, 0.3) is 5.91 Å². The fourth-order valence-electron chi connectivity index (χ4n) is 3.69. The number of amides is 1. The Kier molecular flexibility index (Phi) is 7.23. The number of benzene rings is 2. The number of methoxy groups -OCH3 is 1. The van der Waals surface area contributed by atoms with Crippen LogP contribution >= 0.6 is 0 Å². The zero-order valence-corrected chi connectivity index (χ0v) is 20.6. The topological polar surface area (TPSA) is 133 Å². The van der Waals surface area contributed by atoms with Crippen molar-refractivity contribution in [2.24, 2.45) is 5.14 Å². The molecule has 0 saturated heterocycles. The largest absolute Gasteiger partial charge is 0.469 e. The predicted molar refractivity (Wildman–Crippen MR) is 129 cm³/mol. The van der Waals surface area contributed by atoms with Crippen molar-refractivity contribution >= 4 is 27.6 Å². The summed E-state index contributed by atoms with van der Waals surface area (Å²) in [6, 6.07) is 9.72. The number of aromatic nitrogens is 2. The molecule has 0 unspecified atom stereocenters. The average Bonchev–Trinajstić information content (AvgIpc) is 3.07. The van der Waals surface area contributed by atoms with Crippen LogP contribution in [-0.4, -0.2) is 37.2 Å². The number of ether oxygens (including phenoxy) is 1. The molecule has 1 amide bonds. The first kappa shape index (κ1) is 25.1. The Bertz CT molecular complexity index is 1360. The van der Waals surface area contributed by atoms with Gasteiger partial charge in [-0.3, -0.25) is 9.59 Å². The summed E-state index contributed by atoms with van der Waals surface area (Å²) in [7, 11) is -2.54. The smallest absolute Gasteiger partial charge is 0.305 e. The van der Waals surface area contributed by atoms with E-state index in [1.807, 2.05) is 13.8 Å². The molecule has 34 heavy (non-hydrogen) atoms. The number of rotatable bonds is 7. The summed E-state index contributed by atoms with van der Waals surface area (Å²) in [4.78, 5) is 24.3. The fourth-order valence-corrected chi connectivity index (χ4v) is 4.31. The monoisotopic (exact) mass is 484 g/mol. The summed E-state index contributed by atoms with van der Waals surface area (Å²) < 4.78 is 30.0. The molecule has 1 heterocycles.